The van der Waals surface area contributed by atoms with Crippen LogP contribution in [0.2, 0.25) is 0 Å². The van der Waals surface area contributed by atoms with Crippen LogP contribution in [0.15, 0.2) is 62.8 Å². The van der Waals surface area contributed by atoms with Gasteiger partial charge in [-0.15, -0.1) is 0 Å². The summed E-state index contributed by atoms with van der Waals surface area (Å²) in [5, 5.41) is 3.36. The van der Waals surface area contributed by atoms with Crippen LogP contribution in [0.3, 0.4) is 0 Å². The predicted molar refractivity (Wildman–Crippen MR) is 96.0 cm³/mol. The molecule has 0 spiro atoms. The number of amides is 1. The first-order valence-electron chi connectivity index (χ1n) is 7.39. The van der Waals surface area contributed by atoms with Gasteiger partial charge in [-0.3, -0.25) is 4.79 Å². The third kappa shape index (κ3) is 2.96. The highest BCUT2D eigenvalue weighted by atomic mass is 32.2. The van der Waals surface area contributed by atoms with Crippen LogP contribution in [0.5, 0.6) is 0 Å². The molecule has 0 saturated carbocycles. The molecule has 1 aliphatic rings. The average molecular weight is 335 g/mol. The number of thioether (sulfide) groups is 1. The van der Waals surface area contributed by atoms with E-state index in [9.17, 15) is 4.79 Å². The number of benzene rings is 2. The van der Waals surface area contributed by atoms with Crippen LogP contribution in [0.4, 0.5) is 5.69 Å². The number of aliphatic imine (C=N–C) groups is 1. The van der Waals surface area contributed by atoms with Gasteiger partial charge in [0.05, 0.1) is 10.6 Å². The Morgan fingerprint density at radius 3 is 2.88 bits per heavy atom. The number of oxazole rings is 1. The zero-order chi connectivity index (χ0) is 16.5. The van der Waals surface area contributed by atoms with E-state index < -0.39 is 0 Å². The number of nitrogens with zero attached hydrogens (tertiary/aromatic N) is 2. The Balaban J connectivity index is 1.62. The van der Waals surface area contributed by atoms with Gasteiger partial charge >= 0.3 is 0 Å². The summed E-state index contributed by atoms with van der Waals surface area (Å²) in [6.07, 6.45) is 1.82. The summed E-state index contributed by atoms with van der Waals surface area (Å²) in [6, 6.07) is 15.2. The monoisotopic (exact) mass is 335 g/mol. The lowest BCUT2D eigenvalue weighted by molar-refractivity contribution is -0.115. The van der Waals surface area contributed by atoms with Gasteiger partial charge in [0.2, 0.25) is 0 Å². The van der Waals surface area contributed by atoms with Gasteiger partial charge in [0, 0.05) is 6.92 Å². The van der Waals surface area contributed by atoms with Crippen LogP contribution in [0.25, 0.3) is 17.2 Å². The highest BCUT2D eigenvalue weighted by molar-refractivity contribution is 8.18. The average Bonchev–Trinajstić information content (AvgIpc) is 3.10. The minimum Gasteiger partial charge on any atom is -0.441 e. The third-order valence-electron chi connectivity index (χ3n) is 3.45. The number of hydrogen-bond acceptors (Lipinski definition) is 5. The number of hydrogen-bond donors (Lipinski definition) is 1. The minimum absolute atomic E-state index is 0.150. The molecule has 0 unspecified atom stereocenters. The van der Waals surface area contributed by atoms with Crippen LogP contribution in [0.1, 0.15) is 11.5 Å². The number of aryl methyl sites for hydroxylation is 1. The lowest BCUT2D eigenvalue weighted by atomic mass is 10.2. The summed E-state index contributed by atoms with van der Waals surface area (Å²) in [7, 11) is 0. The molecule has 1 fully saturated rings. The van der Waals surface area contributed by atoms with Gasteiger partial charge in [-0.2, -0.15) is 0 Å². The number of nitrogens with one attached hydrogen (secondary N) is 1. The van der Waals surface area contributed by atoms with Gasteiger partial charge < -0.3 is 9.73 Å². The van der Waals surface area contributed by atoms with Crippen molar-refractivity contribution in [2.24, 2.45) is 4.99 Å². The number of carbonyl (C=O) groups excluding carboxylic acids is 1. The minimum atomic E-state index is -0.150. The van der Waals surface area contributed by atoms with Gasteiger partial charge in [0.15, 0.2) is 16.6 Å². The number of aromatic nitrogens is 1. The maximum absolute atomic E-state index is 12.1. The smallest absolute Gasteiger partial charge is 0.264 e. The van der Waals surface area contributed by atoms with Crippen molar-refractivity contribution in [1.29, 1.82) is 0 Å². The van der Waals surface area contributed by atoms with E-state index in [1.165, 1.54) is 11.8 Å². The van der Waals surface area contributed by atoms with Crippen molar-refractivity contribution in [3.8, 4) is 0 Å². The van der Waals surface area contributed by atoms with Crippen LogP contribution in [0, 0.1) is 6.92 Å². The van der Waals surface area contributed by atoms with Crippen molar-refractivity contribution in [3.05, 3.63) is 64.9 Å². The van der Waals surface area contributed by atoms with Crippen molar-refractivity contribution in [2.45, 2.75) is 6.92 Å². The van der Waals surface area contributed by atoms with Gasteiger partial charge in [-0.05, 0) is 47.7 Å². The molecule has 1 saturated heterocycles. The van der Waals surface area contributed by atoms with Crippen molar-refractivity contribution in [3.63, 3.8) is 0 Å². The Hall–Kier alpha value is -2.86. The van der Waals surface area contributed by atoms with Gasteiger partial charge in [-0.25, -0.2) is 9.98 Å². The van der Waals surface area contributed by atoms with Crippen molar-refractivity contribution >= 4 is 45.7 Å². The number of carbonyl (C=O) groups is 1. The maximum atomic E-state index is 12.1. The molecule has 0 aliphatic carbocycles. The summed E-state index contributed by atoms with van der Waals surface area (Å²) >= 11 is 1.32. The summed E-state index contributed by atoms with van der Waals surface area (Å²) in [5.41, 5.74) is 3.21. The lowest BCUT2D eigenvalue weighted by Gasteiger charge is -1.95. The molecule has 1 amide bonds. The molecule has 0 atom stereocenters. The molecule has 1 aromatic heterocycles. The molecule has 1 N–H and O–H groups in total. The second-order valence-corrected chi connectivity index (χ2v) is 6.31. The first-order valence-corrected chi connectivity index (χ1v) is 8.21. The van der Waals surface area contributed by atoms with E-state index in [0.717, 1.165) is 16.8 Å². The summed E-state index contributed by atoms with van der Waals surface area (Å²) in [4.78, 5) is 21.4. The van der Waals surface area contributed by atoms with Crippen LogP contribution in [-0.4, -0.2) is 16.1 Å². The maximum Gasteiger partial charge on any atom is 0.264 e. The molecule has 6 heteroatoms. The molecule has 5 nitrogen and oxygen atoms in total. The van der Waals surface area contributed by atoms with Crippen LogP contribution < -0.4 is 5.32 Å². The topological polar surface area (TPSA) is 67.5 Å². The molecule has 24 heavy (non-hydrogen) atoms. The van der Waals surface area contributed by atoms with E-state index in [1.54, 1.807) is 0 Å². The molecular formula is C18H13N3O2S. The Morgan fingerprint density at radius 1 is 1.21 bits per heavy atom. The number of fused-ring (bicyclic) bond motifs is 1. The number of amidine groups is 1. The van der Waals surface area contributed by atoms with Crippen molar-refractivity contribution in [1.82, 2.24) is 10.3 Å². The zero-order valence-corrected chi connectivity index (χ0v) is 13.6. The zero-order valence-electron chi connectivity index (χ0n) is 12.8. The predicted octanol–water partition coefficient (Wildman–Crippen LogP) is 4.03. The Morgan fingerprint density at radius 2 is 2.04 bits per heavy atom. The quantitative estimate of drug-likeness (QED) is 0.718. The van der Waals surface area contributed by atoms with E-state index in [1.807, 2.05) is 61.5 Å². The lowest BCUT2D eigenvalue weighted by Crippen LogP contribution is -2.19. The Kier molecular flexibility index (Phi) is 3.66. The van der Waals surface area contributed by atoms with E-state index in [4.69, 9.17) is 4.42 Å². The SMILES string of the molecule is Cc1nc2ccc(C=C3SC(=Nc4ccccc4)NC3=O)cc2o1. The Labute approximate surface area is 142 Å². The molecule has 1 aliphatic heterocycles. The van der Waals surface area contributed by atoms with E-state index >= 15 is 0 Å². The molecular weight excluding hydrogens is 322 g/mol. The van der Waals surface area contributed by atoms with Gasteiger partial charge in [0.25, 0.3) is 5.91 Å². The van der Waals surface area contributed by atoms with Crippen molar-refractivity contribution < 1.29 is 9.21 Å². The molecule has 0 radical (unpaired) electrons. The fourth-order valence-corrected chi connectivity index (χ4v) is 3.24. The highest BCUT2D eigenvalue weighted by Gasteiger charge is 2.23. The summed E-state index contributed by atoms with van der Waals surface area (Å²) in [5.74, 6) is 0.476. The van der Waals surface area contributed by atoms with Gasteiger partial charge in [-0.1, -0.05) is 24.3 Å². The normalized spacial score (nSPS) is 17.8. The van der Waals surface area contributed by atoms with Crippen molar-refractivity contribution in [2.75, 3.05) is 0 Å². The summed E-state index contributed by atoms with van der Waals surface area (Å²) < 4.78 is 5.53. The first kappa shape index (κ1) is 14.7. The number of rotatable bonds is 2. The molecule has 2 heterocycles. The molecule has 0 bridgehead atoms. The molecule has 3 aromatic rings. The van der Waals surface area contributed by atoms with E-state index in [-0.39, 0.29) is 5.91 Å². The van der Waals surface area contributed by atoms with E-state index in [2.05, 4.69) is 15.3 Å². The van der Waals surface area contributed by atoms with Crippen LogP contribution in [-0.2, 0) is 4.79 Å². The summed E-state index contributed by atoms with van der Waals surface area (Å²) in [6.45, 7) is 1.81. The fourth-order valence-electron chi connectivity index (χ4n) is 2.40. The van der Waals surface area contributed by atoms with E-state index in [0.29, 0.717) is 21.5 Å². The standard InChI is InChI=1S/C18H13N3O2S/c1-11-19-14-8-7-12(9-15(14)23-11)10-16-17(22)21-18(24-16)20-13-5-3-2-4-6-13/h2-10H,1H3,(H,20,21,22). The third-order valence-corrected chi connectivity index (χ3v) is 4.36. The molecule has 4 rings (SSSR count). The largest absolute Gasteiger partial charge is 0.441 e. The second-order valence-electron chi connectivity index (χ2n) is 5.28. The fraction of sp³-hybridized carbons (Fsp3) is 0.0556. The Bertz CT molecular complexity index is 990. The second kappa shape index (κ2) is 5.98. The molecule has 118 valence electrons. The number of para-hydroxylation sites is 1. The highest BCUT2D eigenvalue weighted by Crippen LogP contribution is 2.28. The molecule has 2 aromatic carbocycles. The first-order chi connectivity index (χ1) is 11.7. The van der Waals surface area contributed by atoms with Gasteiger partial charge in [0.1, 0.15) is 5.52 Å². The van der Waals surface area contributed by atoms with Crippen LogP contribution >= 0.6 is 11.8 Å².